The van der Waals surface area contributed by atoms with Crippen molar-refractivity contribution in [2.75, 3.05) is 6.61 Å². The Labute approximate surface area is 175 Å². The van der Waals surface area contributed by atoms with Gasteiger partial charge in [-0.1, -0.05) is 47.5 Å². The van der Waals surface area contributed by atoms with Gasteiger partial charge in [0.2, 0.25) is 0 Å². The van der Waals surface area contributed by atoms with Crippen LogP contribution in [0, 0.1) is 6.92 Å². The van der Waals surface area contributed by atoms with Crippen LogP contribution >= 0.6 is 23.2 Å². The lowest BCUT2D eigenvalue weighted by atomic mass is 10.2. The SMILES string of the molecule is CCOc1cc(C=Nc2ccc(C)c(Cl)c2)ccc1OCc1ccccc1Cl. The Hall–Kier alpha value is -2.49. The normalized spacial score (nSPS) is 11.0. The van der Waals surface area contributed by atoms with Crippen LogP contribution in [0.3, 0.4) is 0 Å². The van der Waals surface area contributed by atoms with Crippen molar-refractivity contribution in [2.45, 2.75) is 20.5 Å². The third-order valence-electron chi connectivity index (χ3n) is 4.13. The second-order valence-electron chi connectivity index (χ2n) is 6.21. The smallest absolute Gasteiger partial charge is 0.161 e. The van der Waals surface area contributed by atoms with E-state index in [4.69, 9.17) is 32.7 Å². The van der Waals surface area contributed by atoms with E-state index in [2.05, 4.69) is 4.99 Å². The molecular weight excluding hydrogens is 393 g/mol. The van der Waals surface area contributed by atoms with Crippen molar-refractivity contribution >= 4 is 35.1 Å². The molecule has 0 heterocycles. The van der Waals surface area contributed by atoms with Crippen molar-refractivity contribution in [2.24, 2.45) is 4.99 Å². The van der Waals surface area contributed by atoms with E-state index in [1.807, 2.05) is 74.5 Å². The van der Waals surface area contributed by atoms with E-state index in [0.29, 0.717) is 34.8 Å². The summed E-state index contributed by atoms with van der Waals surface area (Å²) in [6, 6.07) is 19.1. The molecule has 0 amide bonds. The van der Waals surface area contributed by atoms with E-state index in [9.17, 15) is 0 Å². The van der Waals surface area contributed by atoms with Crippen LogP contribution in [0.15, 0.2) is 65.7 Å². The van der Waals surface area contributed by atoms with E-state index in [1.54, 1.807) is 6.21 Å². The van der Waals surface area contributed by atoms with Gasteiger partial charge in [0.05, 0.1) is 12.3 Å². The topological polar surface area (TPSA) is 30.8 Å². The van der Waals surface area contributed by atoms with E-state index in [1.165, 1.54) is 0 Å². The number of benzene rings is 3. The molecule has 3 aromatic rings. The number of halogens is 2. The van der Waals surface area contributed by atoms with Crippen LogP contribution in [-0.2, 0) is 6.61 Å². The van der Waals surface area contributed by atoms with Gasteiger partial charge in [-0.3, -0.25) is 4.99 Å². The highest BCUT2D eigenvalue weighted by Gasteiger charge is 2.08. The van der Waals surface area contributed by atoms with Crippen molar-refractivity contribution in [1.82, 2.24) is 0 Å². The first-order valence-corrected chi connectivity index (χ1v) is 9.75. The lowest BCUT2D eigenvalue weighted by Crippen LogP contribution is -2.00. The Morgan fingerprint density at radius 3 is 2.46 bits per heavy atom. The molecule has 0 unspecified atom stereocenters. The minimum atomic E-state index is 0.370. The maximum Gasteiger partial charge on any atom is 0.161 e. The molecular formula is C23H21Cl2NO2. The van der Waals surface area contributed by atoms with Crippen LogP contribution in [0.2, 0.25) is 10.0 Å². The van der Waals surface area contributed by atoms with E-state index >= 15 is 0 Å². The first kappa shape index (κ1) is 20.2. The summed E-state index contributed by atoms with van der Waals surface area (Å²) in [7, 11) is 0. The molecule has 0 saturated carbocycles. The number of aliphatic imine (C=N–C) groups is 1. The first-order chi connectivity index (χ1) is 13.6. The number of nitrogens with zero attached hydrogens (tertiary/aromatic N) is 1. The molecule has 0 fully saturated rings. The highest BCUT2D eigenvalue weighted by Crippen LogP contribution is 2.30. The molecule has 0 bridgehead atoms. The van der Waals surface area contributed by atoms with Gasteiger partial charge in [-0.05, 0) is 61.4 Å². The third kappa shape index (κ3) is 5.28. The van der Waals surface area contributed by atoms with Gasteiger partial charge >= 0.3 is 0 Å². The van der Waals surface area contributed by atoms with Gasteiger partial charge in [-0.15, -0.1) is 0 Å². The number of ether oxygens (including phenoxy) is 2. The van der Waals surface area contributed by atoms with Crippen LogP contribution in [-0.4, -0.2) is 12.8 Å². The Morgan fingerprint density at radius 2 is 1.71 bits per heavy atom. The fourth-order valence-electron chi connectivity index (χ4n) is 2.57. The molecule has 3 rings (SSSR count). The quantitative estimate of drug-likeness (QED) is 0.389. The maximum absolute atomic E-state index is 6.20. The van der Waals surface area contributed by atoms with Crippen LogP contribution in [0.1, 0.15) is 23.6 Å². The van der Waals surface area contributed by atoms with Gasteiger partial charge in [0.1, 0.15) is 6.61 Å². The second kappa shape index (κ2) is 9.63. The van der Waals surface area contributed by atoms with Gasteiger partial charge in [-0.25, -0.2) is 0 Å². The minimum Gasteiger partial charge on any atom is -0.490 e. The molecule has 0 N–H and O–H groups in total. The zero-order valence-electron chi connectivity index (χ0n) is 15.8. The Morgan fingerprint density at radius 1 is 0.893 bits per heavy atom. The fourth-order valence-corrected chi connectivity index (χ4v) is 2.94. The van der Waals surface area contributed by atoms with Crippen LogP contribution in [0.5, 0.6) is 11.5 Å². The zero-order chi connectivity index (χ0) is 19.9. The lowest BCUT2D eigenvalue weighted by molar-refractivity contribution is 0.269. The molecule has 0 aliphatic carbocycles. The molecule has 28 heavy (non-hydrogen) atoms. The molecule has 0 radical (unpaired) electrons. The minimum absolute atomic E-state index is 0.370. The van der Waals surface area contributed by atoms with Crippen LogP contribution in [0.25, 0.3) is 0 Å². The molecule has 3 nitrogen and oxygen atoms in total. The van der Waals surface area contributed by atoms with Gasteiger partial charge in [-0.2, -0.15) is 0 Å². The standard InChI is InChI=1S/C23H21Cl2NO2/c1-3-27-23-12-17(14-26-19-10-8-16(2)21(25)13-19)9-11-22(23)28-15-18-6-4-5-7-20(18)24/h4-14H,3,15H2,1-2H3. The molecule has 0 aromatic heterocycles. The monoisotopic (exact) mass is 413 g/mol. The summed E-state index contributed by atoms with van der Waals surface area (Å²) in [5.74, 6) is 1.33. The van der Waals surface area contributed by atoms with Crippen molar-refractivity contribution in [3.8, 4) is 11.5 Å². The number of aryl methyl sites for hydroxylation is 1. The average Bonchev–Trinajstić information content (AvgIpc) is 2.69. The molecule has 3 aromatic carbocycles. The maximum atomic E-state index is 6.20. The van der Waals surface area contributed by atoms with Crippen molar-refractivity contribution in [3.05, 3.63) is 87.4 Å². The predicted octanol–water partition coefficient (Wildman–Crippen LogP) is 7.03. The largest absolute Gasteiger partial charge is 0.490 e. The average molecular weight is 414 g/mol. The lowest BCUT2D eigenvalue weighted by Gasteiger charge is -2.13. The fraction of sp³-hybridized carbons (Fsp3) is 0.174. The molecule has 0 saturated heterocycles. The molecule has 5 heteroatoms. The molecule has 0 spiro atoms. The summed E-state index contributed by atoms with van der Waals surface area (Å²) >= 11 is 12.4. The van der Waals surface area contributed by atoms with E-state index < -0.39 is 0 Å². The summed E-state index contributed by atoms with van der Waals surface area (Å²) in [6.45, 7) is 4.81. The van der Waals surface area contributed by atoms with Crippen LogP contribution < -0.4 is 9.47 Å². The van der Waals surface area contributed by atoms with Gasteiger partial charge in [0, 0.05) is 21.8 Å². The summed E-state index contributed by atoms with van der Waals surface area (Å²) in [4.78, 5) is 4.49. The predicted molar refractivity (Wildman–Crippen MR) is 117 cm³/mol. The number of hydrogen-bond acceptors (Lipinski definition) is 3. The summed E-state index contributed by atoms with van der Waals surface area (Å²) in [6.07, 6.45) is 1.78. The summed E-state index contributed by atoms with van der Waals surface area (Å²) < 4.78 is 11.7. The van der Waals surface area contributed by atoms with Crippen molar-refractivity contribution in [3.63, 3.8) is 0 Å². The Kier molecular flexibility index (Phi) is 6.96. The second-order valence-corrected chi connectivity index (χ2v) is 7.03. The van der Waals surface area contributed by atoms with Crippen LogP contribution in [0.4, 0.5) is 5.69 Å². The molecule has 0 aliphatic rings. The molecule has 0 atom stereocenters. The van der Waals surface area contributed by atoms with E-state index in [-0.39, 0.29) is 0 Å². The molecule has 144 valence electrons. The Balaban J connectivity index is 1.77. The first-order valence-electron chi connectivity index (χ1n) is 9.00. The van der Waals surface area contributed by atoms with Crippen molar-refractivity contribution < 1.29 is 9.47 Å². The van der Waals surface area contributed by atoms with Crippen molar-refractivity contribution in [1.29, 1.82) is 0 Å². The number of rotatable bonds is 7. The van der Waals surface area contributed by atoms with Gasteiger partial charge in [0.25, 0.3) is 0 Å². The third-order valence-corrected chi connectivity index (χ3v) is 4.90. The highest BCUT2D eigenvalue weighted by atomic mass is 35.5. The summed E-state index contributed by atoms with van der Waals surface area (Å²) in [5, 5.41) is 1.38. The Bertz CT molecular complexity index is 986. The van der Waals surface area contributed by atoms with Gasteiger partial charge < -0.3 is 9.47 Å². The number of hydrogen-bond donors (Lipinski definition) is 0. The summed E-state index contributed by atoms with van der Waals surface area (Å²) in [5.41, 5.74) is 3.66. The zero-order valence-corrected chi connectivity index (χ0v) is 17.3. The van der Waals surface area contributed by atoms with E-state index in [0.717, 1.165) is 22.4 Å². The van der Waals surface area contributed by atoms with Gasteiger partial charge in [0.15, 0.2) is 11.5 Å². The highest BCUT2D eigenvalue weighted by molar-refractivity contribution is 6.31. The molecule has 0 aliphatic heterocycles.